The highest BCUT2D eigenvalue weighted by molar-refractivity contribution is 6.04. The van der Waals surface area contributed by atoms with E-state index < -0.39 is 23.5 Å². The van der Waals surface area contributed by atoms with Crippen LogP contribution >= 0.6 is 0 Å². The van der Waals surface area contributed by atoms with Crippen LogP contribution in [-0.4, -0.2) is 53.2 Å². The number of aromatic nitrogens is 2. The molecule has 2 aromatic carbocycles. The Bertz CT molecular complexity index is 1460. The highest BCUT2D eigenvalue weighted by atomic mass is 19.4. The van der Waals surface area contributed by atoms with E-state index in [1.807, 2.05) is 0 Å². The number of hydrogen-bond acceptors (Lipinski definition) is 7. The molecule has 1 fully saturated rings. The first-order valence-corrected chi connectivity index (χ1v) is 12.0. The molecular weight excluding hydrogens is 517 g/mol. The van der Waals surface area contributed by atoms with Crippen molar-refractivity contribution < 1.29 is 31.7 Å². The van der Waals surface area contributed by atoms with Crippen LogP contribution in [-0.2, 0) is 6.18 Å². The third-order valence-electron chi connectivity index (χ3n) is 6.04. The van der Waals surface area contributed by atoms with Crippen molar-refractivity contribution in [1.29, 1.82) is 0 Å². The molecule has 0 spiro atoms. The fourth-order valence-corrected chi connectivity index (χ4v) is 4.10. The van der Waals surface area contributed by atoms with E-state index in [2.05, 4.69) is 25.7 Å². The lowest BCUT2D eigenvalue weighted by molar-refractivity contribution is -0.153. The van der Waals surface area contributed by atoms with Crippen molar-refractivity contribution in [3.05, 3.63) is 77.9 Å². The Labute approximate surface area is 220 Å². The molecular formula is C26H23F3N6O4. The number of anilines is 3. The van der Waals surface area contributed by atoms with Crippen molar-refractivity contribution in [3.8, 4) is 11.5 Å². The van der Waals surface area contributed by atoms with Crippen LogP contribution in [0.1, 0.15) is 22.0 Å². The average molecular weight is 541 g/mol. The van der Waals surface area contributed by atoms with Crippen molar-refractivity contribution >= 4 is 29.1 Å². The number of amides is 3. The molecule has 0 saturated carbocycles. The van der Waals surface area contributed by atoms with Crippen molar-refractivity contribution in [2.24, 2.45) is 0 Å². The number of aryl methyl sites for hydroxylation is 1. The van der Waals surface area contributed by atoms with Gasteiger partial charge in [-0.2, -0.15) is 13.2 Å². The van der Waals surface area contributed by atoms with Gasteiger partial charge in [0.25, 0.3) is 5.91 Å². The van der Waals surface area contributed by atoms with Crippen molar-refractivity contribution in [2.75, 3.05) is 41.7 Å². The van der Waals surface area contributed by atoms with Crippen LogP contribution in [0.2, 0.25) is 0 Å². The highest BCUT2D eigenvalue weighted by Crippen LogP contribution is 2.35. The van der Waals surface area contributed by atoms with Crippen LogP contribution < -0.4 is 15.5 Å². The number of nitrogens with one attached hydrogen (secondary N) is 2. The minimum Gasteiger partial charge on any atom is -0.431 e. The molecule has 0 unspecified atom stereocenters. The largest absolute Gasteiger partial charge is 0.452 e. The molecule has 2 aromatic heterocycles. The third-order valence-corrected chi connectivity index (χ3v) is 6.04. The summed E-state index contributed by atoms with van der Waals surface area (Å²) in [6.07, 6.45) is -4.90. The molecule has 202 valence electrons. The Kier molecular flexibility index (Phi) is 6.96. The average Bonchev–Trinajstić information content (AvgIpc) is 3.56. The Morgan fingerprint density at radius 2 is 1.64 bits per heavy atom. The maximum Gasteiger partial charge on any atom is 0.452 e. The number of nitrogens with zero attached hydrogens (tertiary/aromatic N) is 4. The topological polar surface area (TPSA) is 117 Å². The number of urea groups is 1. The van der Waals surface area contributed by atoms with E-state index in [4.69, 9.17) is 8.94 Å². The molecule has 3 heterocycles. The first-order chi connectivity index (χ1) is 18.7. The quantitative estimate of drug-likeness (QED) is 0.355. The molecule has 3 amide bonds. The SMILES string of the molecule is Cc1cc(NC(=O)N2CCN(c3ccc(NC(=O)c4nc(-c5ccccc5)oc4C(F)(F)F)cc3)CC2)no1. The second-order valence-corrected chi connectivity index (χ2v) is 8.79. The van der Waals surface area contributed by atoms with Gasteiger partial charge in [-0.3, -0.25) is 10.1 Å². The van der Waals surface area contributed by atoms with E-state index in [1.165, 1.54) is 12.1 Å². The van der Waals surface area contributed by atoms with Gasteiger partial charge in [0, 0.05) is 49.2 Å². The molecule has 10 nitrogen and oxygen atoms in total. The zero-order valence-corrected chi connectivity index (χ0v) is 20.7. The summed E-state index contributed by atoms with van der Waals surface area (Å²) in [5.41, 5.74) is 0.601. The minimum absolute atomic E-state index is 0.275. The monoisotopic (exact) mass is 540 g/mol. The van der Waals surface area contributed by atoms with Crippen molar-refractivity contribution in [1.82, 2.24) is 15.0 Å². The van der Waals surface area contributed by atoms with E-state index in [-0.39, 0.29) is 11.9 Å². The number of carbonyl (C=O) groups excluding carboxylic acids is 2. The third kappa shape index (κ3) is 5.87. The summed E-state index contributed by atoms with van der Waals surface area (Å²) in [6.45, 7) is 3.79. The maximum absolute atomic E-state index is 13.6. The second kappa shape index (κ2) is 10.5. The molecule has 1 aliphatic heterocycles. The van der Waals surface area contributed by atoms with Gasteiger partial charge in [0.15, 0.2) is 11.5 Å². The Balaban J connectivity index is 1.21. The normalized spacial score (nSPS) is 13.8. The summed E-state index contributed by atoms with van der Waals surface area (Å²) < 4.78 is 50.6. The molecule has 4 aromatic rings. The van der Waals surface area contributed by atoms with Gasteiger partial charge in [-0.1, -0.05) is 23.4 Å². The number of halogens is 3. The number of benzene rings is 2. The summed E-state index contributed by atoms with van der Waals surface area (Å²) in [7, 11) is 0. The summed E-state index contributed by atoms with van der Waals surface area (Å²) >= 11 is 0. The summed E-state index contributed by atoms with van der Waals surface area (Å²) in [6, 6.07) is 16.0. The lowest BCUT2D eigenvalue weighted by Gasteiger charge is -2.36. The molecule has 0 atom stereocenters. The molecule has 0 radical (unpaired) electrons. The fourth-order valence-electron chi connectivity index (χ4n) is 4.10. The number of piperazine rings is 1. The standard InChI is InChI=1S/C26H23F3N6O4/c1-16-15-20(33-39-16)31-25(37)35-13-11-34(12-14-35)19-9-7-18(8-10-19)30-23(36)21-22(26(27,28)29)38-24(32-21)17-5-3-2-4-6-17/h2-10,15H,11-14H2,1H3,(H,30,36)(H,31,33,37). The second-order valence-electron chi connectivity index (χ2n) is 8.79. The zero-order valence-electron chi connectivity index (χ0n) is 20.7. The smallest absolute Gasteiger partial charge is 0.431 e. The van der Waals surface area contributed by atoms with E-state index in [1.54, 1.807) is 60.4 Å². The van der Waals surface area contributed by atoms with Gasteiger partial charge in [-0.15, -0.1) is 0 Å². The minimum atomic E-state index is -4.90. The van der Waals surface area contributed by atoms with E-state index in [0.29, 0.717) is 49.0 Å². The molecule has 0 bridgehead atoms. The predicted octanol–water partition coefficient (Wildman–Crippen LogP) is 5.26. The maximum atomic E-state index is 13.6. The summed E-state index contributed by atoms with van der Waals surface area (Å²) in [4.78, 5) is 32.7. The molecule has 0 aliphatic carbocycles. The highest BCUT2D eigenvalue weighted by Gasteiger charge is 2.42. The van der Waals surface area contributed by atoms with Crippen LogP contribution in [0.5, 0.6) is 0 Å². The number of oxazole rings is 1. The van der Waals surface area contributed by atoms with E-state index in [0.717, 1.165) is 5.69 Å². The number of carbonyl (C=O) groups is 2. The lowest BCUT2D eigenvalue weighted by Crippen LogP contribution is -2.50. The number of alkyl halides is 3. The molecule has 5 rings (SSSR count). The van der Waals surface area contributed by atoms with Crippen LogP contribution in [0.15, 0.2) is 69.6 Å². The van der Waals surface area contributed by atoms with Gasteiger partial charge in [-0.05, 0) is 43.3 Å². The van der Waals surface area contributed by atoms with Gasteiger partial charge < -0.3 is 24.1 Å². The Hall–Kier alpha value is -4.81. The predicted molar refractivity (Wildman–Crippen MR) is 135 cm³/mol. The summed E-state index contributed by atoms with van der Waals surface area (Å²) in [5.74, 6) is -1.86. The summed E-state index contributed by atoms with van der Waals surface area (Å²) in [5, 5.41) is 8.90. The van der Waals surface area contributed by atoms with Crippen LogP contribution in [0.4, 0.5) is 35.2 Å². The first-order valence-electron chi connectivity index (χ1n) is 12.0. The van der Waals surface area contributed by atoms with Gasteiger partial charge in [-0.25, -0.2) is 9.78 Å². The van der Waals surface area contributed by atoms with Gasteiger partial charge in [0.1, 0.15) is 5.76 Å². The van der Waals surface area contributed by atoms with Crippen LogP contribution in [0.25, 0.3) is 11.5 Å². The van der Waals surface area contributed by atoms with Crippen molar-refractivity contribution in [3.63, 3.8) is 0 Å². The Morgan fingerprint density at radius 1 is 0.949 bits per heavy atom. The molecule has 2 N–H and O–H groups in total. The molecule has 39 heavy (non-hydrogen) atoms. The van der Waals surface area contributed by atoms with Gasteiger partial charge in [0.05, 0.1) is 0 Å². The zero-order chi connectivity index (χ0) is 27.6. The number of hydrogen-bond donors (Lipinski definition) is 2. The van der Waals surface area contributed by atoms with Crippen LogP contribution in [0, 0.1) is 6.92 Å². The van der Waals surface area contributed by atoms with E-state index in [9.17, 15) is 22.8 Å². The number of rotatable bonds is 5. The molecule has 13 heteroatoms. The fraction of sp³-hybridized carbons (Fsp3) is 0.231. The molecule has 1 saturated heterocycles. The van der Waals surface area contributed by atoms with Gasteiger partial charge in [0.2, 0.25) is 11.7 Å². The molecule has 1 aliphatic rings. The van der Waals surface area contributed by atoms with Gasteiger partial charge >= 0.3 is 12.2 Å². The first kappa shape index (κ1) is 25.8. The van der Waals surface area contributed by atoms with Crippen molar-refractivity contribution in [2.45, 2.75) is 13.1 Å². The lowest BCUT2D eigenvalue weighted by atomic mass is 10.2. The van der Waals surface area contributed by atoms with E-state index >= 15 is 0 Å². The van der Waals surface area contributed by atoms with Crippen LogP contribution in [0.3, 0.4) is 0 Å². The Morgan fingerprint density at radius 3 is 2.26 bits per heavy atom.